The van der Waals surface area contributed by atoms with Crippen molar-refractivity contribution in [2.75, 3.05) is 45.0 Å². The van der Waals surface area contributed by atoms with Crippen LogP contribution in [0.25, 0.3) is 10.9 Å². The highest BCUT2D eigenvalue weighted by Gasteiger charge is 2.29. The van der Waals surface area contributed by atoms with Crippen molar-refractivity contribution in [3.63, 3.8) is 0 Å². The molecule has 1 aliphatic heterocycles. The van der Waals surface area contributed by atoms with E-state index < -0.39 is 11.7 Å². The average Bonchev–Trinajstić information content (AvgIpc) is 2.92. The third kappa shape index (κ3) is 6.87. The topological polar surface area (TPSA) is 84.0 Å². The van der Waals surface area contributed by atoms with Gasteiger partial charge >= 0.3 is 6.18 Å². The van der Waals surface area contributed by atoms with Crippen LogP contribution in [0.1, 0.15) is 11.1 Å². The number of anilines is 2. The first kappa shape index (κ1) is 26.5. The summed E-state index contributed by atoms with van der Waals surface area (Å²) in [6.45, 7) is 2.57. The molecule has 0 saturated carbocycles. The number of nitrogens with zero attached hydrogens (tertiary/aromatic N) is 2. The summed E-state index contributed by atoms with van der Waals surface area (Å²) >= 11 is 0. The van der Waals surface area contributed by atoms with Crippen LogP contribution in [0, 0.1) is 0 Å². The molecule has 0 fully saturated rings. The Bertz CT molecular complexity index is 1400. The van der Waals surface area contributed by atoms with E-state index in [1.807, 2.05) is 24.3 Å². The lowest BCUT2D eigenvalue weighted by molar-refractivity contribution is -0.137. The molecule has 0 unspecified atom stereocenters. The SMILES string of the molecule is FC(F)(F)c1ccc(COc2ccccc2Nc2ncnc3cc4c(cc23)OCCOCCOCCO4)cc1. The van der Waals surface area contributed by atoms with E-state index in [4.69, 9.17) is 23.7 Å². The summed E-state index contributed by atoms with van der Waals surface area (Å²) in [5.74, 6) is 2.09. The van der Waals surface area contributed by atoms with Gasteiger partial charge in [0.2, 0.25) is 0 Å². The first-order valence-electron chi connectivity index (χ1n) is 12.3. The van der Waals surface area contributed by atoms with Gasteiger partial charge in [-0.2, -0.15) is 13.2 Å². The number of halogens is 3. The van der Waals surface area contributed by atoms with E-state index in [1.165, 1.54) is 18.5 Å². The molecular formula is C28H26F3N3O5. The average molecular weight is 542 g/mol. The summed E-state index contributed by atoms with van der Waals surface area (Å²) in [5.41, 5.74) is 1.17. The maximum absolute atomic E-state index is 12.9. The number of hydrogen-bond acceptors (Lipinski definition) is 8. The molecule has 0 atom stereocenters. The molecule has 0 radical (unpaired) electrons. The first-order valence-corrected chi connectivity index (χ1v) is 12.3. The number of ether oxygens (including phenoxy) is 5. The normalized spacial score (nSPS) is 14.7. The number of fused-ring (bicyclic) bond motifs is 2. The van der Waals surface area contributed by atoms with Crippen LogP contribution in [0.4, 0.5) is 24.7 Å². The van der Waals surface area contributed by atoms with E-state index in [2.05, 4.69) is 15.3 Å². The minimum Gasteiger partial charge on any atom is -0.487 e. The smallest absolute Gasteiger partial charge is 0.416 e. The fraction of sp³-hybridized carbons (Fsp3) is 0.286. The Morgan fingerprint density at radius 3 is 2.18 bits per heavy atom. The minimum absolute atomic E-state index is 0.0891. The summed E-state index contributed by atoms with van der Waals surface area (Å²) in [4.78, 5) is 8.81. The number of aromatic nitrogens is 2. The highest BCUT2D eigenvalue weighted by atomic mass is 19.4. The number of benzene rings is 3. The summed E-state index contributed by atoms with van der Waals surface area (Å²) in [6.07, 6.45) is -2.94. The number of hydrogen-bond donors (Lipinski definition) is 1. The molecule has 0 bridgehead atoms. The molecule has 0 saturated heterocycles. The molecule has 0 spiro atoms. The van der Waals surface area contributed by atoms with Crippen LogP contribution in [-0.4, -0.2) is 49.6 Å². The molecule has 11 heteroatoms. The molecule has 0 amide bonds. The fourth-order valence-corrected chi connectivity index (χ4v) is 3.91. The minimum atomic E-state index is -4.38. The molecule has 8 nitrogen and oxygen atoms in total. The summed E-state index contributed by atoms with van der Waals surface area (Å²) in [5, 5.41) is 3.99. The molecule has 39 heavy (non-hydrogen) atoms. The van der Waals surface area contributed by atoms with Crippen molar-refractivity contribution < 1.29 is 36.9 Å². The molecule has 3 aromatic carbocycles. The lowest BCUT2D eigenvalue weighted by atomic mass is 10.1. The standard InChI is InChI=1S/C28H26F3N3O5/c29-28(30,31)20-7-5-19(6-8-20)17-39-24-4-2-1-3-22(24)34-27-21-15-25-26(16-23(21)32-18-33-27)38-14-12-36-10-9-35-11-13-37-25/h1-8,15-16,18H,9-14,17H2,(H,32,33,34). The van der Waals surface area contributed by atoms with E-state index in [9.17, 15) is 13.2 Å². The molecule has 0 aliphatic carbocycles. The lowest BCUT2D eigenvalue weighted by Gasteiger charge is -2.17. The van der Waals surface area contributed by atoms with Gasteiger partial charge in [0.25, 0.3) is 0 Å². The second kappa shape index (κ2) is 12.2. The van der Waals surface area contributed by atoms with Gasteiger partial charge < -0.3 is 29.0 Å². The van der Waals surface area contributed by atoms with Gasteiger partial charge in [0, 0.05) is 11.5 Å². The highest BCUT2D eigenvalue weighted by Crippen LogP contribution is 2.36. The Hall–Kier alpha value is -4.09. The zero-order valence-electron chi connectivity index (χ0n) is 20.9. The third-order valence-corrected chi connectivity index (χ3v) is 5.86. The largest absolute Gasteiger partial charge is 0.487 e. The van der Waals surface area contributed by atoms with E-state index in [-0.39, 0.29) is 6.61 Å². The van der Waals surface area contributed by atoms with E-state index >= 15 is 0 Å². The van der Waals surface area contributed by atoms with Crippen molar-refractivity contribution in [1.29, 1.82) is 0 Å². The highest BCUT2D eigenvalue weighted by molar-refractivity contribution is 5.93. The van der Waals surface area contributed by atoms with Crippen molar-refractivity contribution >= 4 is 22.4 Å². The van der Waals surface area contributed by atoms with Crippen LogP contribution >= 0.6 is 0 Å². The van der Waals surface area contributed by atoms with Gasteiger partial charge in [0.05, 0.1) is 43.2 Å². The van der Waals surface area contributed by atoms with Gasteiger partial charge in [-0.25, -0.2) is 9.97 Å². The zero-order valence-corrected chi connectivity index (χ0v) is 20.9. The second-order valence-electron chi connectivity index (χ2n) is 8.56. The Balaban J connectivity index is 1.37. The van der Waals surface area contributed by atoms with Gasteiger partial charge in [-0.3, -0.25) is 0 Å². The summed E-state index contributed by atoms with van der Waals surface area (Å²) in [7, 11) is 0. The monoisotopic (exact) mass is 541 g/mol. The predicted molar refractivity (Wildman–Crippen MR) is 138 cm³/mol. The van der Waals surface area contributed by atoms with Gasteiger partial charge in [-0.05, 0) is 35.9 Å². The van der Waals surface area contributed by atoms with E-state index in [1.54, 1.807) is 12.1 Å². The van der Waals surface area contributed by atoms with Crippen LogP contribution in [0.3, 0.4) is 0 Å². The number of para-hydroxylation sites is 2. The molecular weight excluding hydrogens is 515 g/mol. The van der Waals surface area contributed by atoms with Crippen LogP contribution in [0.5, 0.6) is 17.2 Å². The third-order valence-electron chi connectivity index (χ3n) is 5.86. The molecule has 5 rings (SSSR count). The van der Waals surface area contributed by atoms with E-state index in [0.29, 0.717) is 84.9 Å². The van der Waals surface area contributed by atoms with Crippen LogP contribution in [0.15, 0.2) is 67.0 Å². The summed E-state index contributed by atoms with van der Waals surface area (Å²) < 4.78 is 67.4. The van der Waals surface area contributed by atoms with Gasteiger partial charge in [-0.1, -0.05) is 24.3 Å². The number of nitrogens with one attached hydrogen (secondary N) is 1. The Kier molecular flexibility index (Phi) is 8.28. The van der Waals surface area contributed by atoms with Crippen LogP contribution in [0.2, 0.25) is 0 Å². The molecule has 4 aromatic rings. The fourth-order valence-electron chi connectivity index (χ4n) is 3.91. The molecule has 2 heterocycles. The number of rotatable bonds is 5. The Morgan fingerprint density at radius 1 is 0.795 bits per heavy atom. The van der Waals surface area contributed by atoms with Gasteiger partial charge in [0.1, 0.15) is 37.7 Å². The van der Waals surface area contributed by atoms with E-state index in [0.717, 1.165) is 12.1 Å². The van der Waals surface area contributed by atoms with Gasteiger partial charge in [0.15, 0.2) is 11.5 Å². The van der Waals surface area contributed by atoms with Crippen LogP contribution < -0.4 is 19.5 Å². The molecule has 1 aromatic heterocycles. The van der Waals surface area contributed by atoms with Crippen LogP contribution in [-0.2, 0) is 22.3 Å². The first-order chi connectivity index (χ1) is 19.0. The second-order valence-corrected chi connectivity index (χ2v) is 8.56. The van der Waals surface area contributed by atoms with Crippen molar-refractivity contribution in [3.05, 3.63) is 78.1 Å². The maximum Gasteiger partial charge on any atom is 0.416 e. The van der Waals surface area contributed by atoms with Crippen molar-refractivity contribution in [1.82, 2.24) is 9.97 Å². The molecule has 1 N–H and O–H groups in total. The van der Waals surface area contributed by atoms with Crippen molar-refractivity contribution in [2.24, 2.45) is 0 Å². The number of alkyl halides is 3. The Morgan fingerprint density at radius 2 is 1.46 bits per heavy atom. The molecule has 204 valence electrons. The quantitative estimate of drug-likeness (QED) is 0.341. The van der Waals surface area contributed by atoms with Gasteiger partial charge in [-0.15, -0.1) is 0 Å². The maximum atomic E-state index is 12.9. The molecule has 1 aliphatic rings. The summed E-state index contributed by atoms with van der Waals surface area (Å²) in [6, 6.07) is 15.7. The zero-order chi connectivity index (χ0) is 27.1. The van der Waals surface area contributed by atoms with Crippen molar-refractivity contribution in [2.45, 2.75) is 12.8 Å². The van der Waals surface area contributed by atoms with Crippen molar-refractivity contribution in [3.8, 4) is 17.2 Å². The Labute approximate surface area is 222 Å². The lowest BCUT2D eigenvalue weighted by Crippen LogP contribution is -2.15. The predicted octanol–water partition coefficient (Wildman–Crippen LogP) is 5.78.